The van der Waals surface area contributed by atoms with Gasteiger partial charge in [-0.25, -0.2) is 4.98 Å². The van der Waals surface area contributed by atoms with Crippen molar-refractivity contribution in [3.8, 4) is 17.9 Å². The topological polar surface area (TPSA) is 48.7 Å². The van der Waals surface area contributed by atoms with Crippen LogP contribution >= 0.6 is 22.9 Å². The Balaban J connectivity index is 2.51. The minimum atomic E-state index is 0.265. The first-order valence-electron chi connectivity index (χ1n) is 3.98. The molecule has 0 saturated carbocycles. The molecule has 0 aromatic carbocycles. The molecule has 0 atom stereocenters. The lowest BCUT2D eigenvalue weighted by molar-refractivity contribution is 1.09. The summed E-state index contributed by atoms with van der Waals surface area (Å²) in [5.74, 6) is 5.72. The van der Waals surface area contributed by atoms with Crippen LogP contribution in [0.4, 0.5) is 5.13 Å². The fourth-order valence-corrected chi connectivity index (χ4v) is 1.78. The molecule has 0 unspecified atom stereocenters. The average Bonchev–Trinajstić information content (AvgIpc) is 2.54. The maximum absolute atomic E-state index is 8.63. The van der Waals surface area contributed by atoms with Crippen molar-refractivity contribution in [2.45, 2.75) is 13.3 Å². The molecule has 0 spiro atoms. The highest BCUT2D eigenvalue weighted by molar-refractivity contribution is 7.16. The predicted molar refractivity (Wildman–Crippen MR) is 58.4 cm³/mol. The van der Waals surface area contributed by atoms with Gasteiger partial charge in [-0.15, -0.1) is 11.8 Å². The summed E-state index contributed by atoms with van der Waals surface area (Å²) in [6.07, 6.45) is 0.760. The van der Waals surface area contributed by atoms with Gasteiger partial charge in [0, 0.05) is 13.0 Å². The van der Waals surface area contributed by atoms with E-state index >= 15 is 0 Å². The molecule has 0 saturated heterocycles. The highest BCUT2D eigenvalue weighted by Gasteiger charge is 2.06. The zero-order valence-electron chi connectivity index (χ0n) is 7.59. The van der Waals surface area contributed by atoms with Gasteiger partial charge in [0.2, 0.25) is 0 Å². The van der Waals surface area contributed by atoms with E-state index < -0.39 is 0 Å². The highest BCUT2D eigenvalue weighted by Crippen LogP contribution is 2.25. The van der Waals surface area contributed by atoms with E-state index in [0.29, 0.717) is 10.0 Å². The minimum absolute atomic E-state index is 0.265. The number of halogens is 1. The Labute approximate surface area is 91.7 Å². The van der Waals surface area contributed by atoms with E-state index in [1.807, 2.05) is 6.07 Å². The summed E-state index contributed by atoms with van der Waals surface area (Å²) in [5.41, 5.74) is 0. The molecule has 0 bridgehead atoms. The highest BCUT2D eigenvalue weighted by atomic mass is 35.5. The van der Waals surface area contributed by atoms with Gasteiger partial charge in [0.25, 0.3) is 0 Å². The second-order valence-corrected chi connectivity index (χ2v) is 3.71. The second kappa shape index (κ2) is 5.49. The molecule has 3 nitrogen and oxygen atoms in total. The number of nitrogens with zero attached hydrogens (tertiary/aromatic N) is 2. The lowest BCUT2D eigenvalue weighted by Crippen LogP contribution is -1.99. The van der Waals surface area contributed by atoms with Crippen LogP contribution in [0.3, 0.4) is 0 Å². The average molecular weight is 226 g/mol. The van der Waals surface area contributed by atoms with Crippen LogP contribution < -0.4 is 5.32 Å². The van der Waals surface area contributed by atoms with Gasteiger partial charge in [-0.3, -0.25) is 0 Å². The molecule has 1 N–H and O–H groups in total. The molecule has 0 aliphatic heterocycles. The maximum Gasteiger partial charge on any atom is 0.185 e. The second-order valence-electron chi connectivity index (χ2n) is 2.35. The Hall–Kier alpha value is -1.23. The zero-order valence-corrected chi connectivity index (χ0v) is 9.17. The van der Waals surface area contributed by atoms with Crippen LogP contribution in [-0.4, -0.2) is 11.5 Å². The molecule has 1 aromatic rings. The first kappa shape index (κ1) is 10.8. The number of hydrogen-bond acceptors (Lipinski definition) is 4. The van der Waals surface area contributed by atoms with Gasteiger partial charge < -0.3 is 5.32 Å². The molecule has 0 aliphatic rings. The van der Waals surface area contributed by atoms with Gasteiger partial charge in [-0.05, 0) is 6.92 Å². The summed E-state index contributed by atoms with van der Waals surface area (Å²) in [6.45, 7) is 2.52. The quantitative estimate of drug-likeness (QED) is 0.635. The Morgan fingerprint density at radius 1 is 1.64 bits per heavy atom. The van der Waals surface area contributed by atoms with Crippen LogP contribution in [0.25, 0.3) is 0 Å². The predicted octanol–water partition coefficient (Wildman–Crippen LogP) is 2.49. The lowest BCUT2D eigenvalue weighted by Gasteiger charge is -1.95. The fourth-order valence-electron chi connectivity index (χ4n) is 0.803. The molecule has 14 heavy (non-hydrogen) atoms. The summed E-state index contributed by atoms with van der Waals surface area (Å²) < 4.78 is 0. The van der Waals surface area contributed by atoms with E-state index in [-0.39, 0.29) is 5.15 Å². The lowest BCUT2D eigenvalue weighted by atomic mass is 10.4. The van der Waals surface area contributed by atoms with Crippen molar-refractivity contribution in [3.63, 3.8) is 0 Å². The smallest absolute Gasteiger partial charge is 0.185 e. The summed E-state index contributed by atoms with van der Waals surface area (Å²) >= 11 is 6.95. The molecule has 5 heteroatoms. The van der Waals surface area contributed by atoms with Crippen LogP contribution in [0, 0.1) is 23.2 Å². The Morgan fingerprint density at radius 3 is 3.00 bits per heavy atom. The molecule has 0 aliphatic carbocycles. The molecular formula is C9H8ClN3S. The first-order valence-corrected chi connectivity index (χ1v) is 5.17. The van der Waals surface area contributed by atoms with Crippen molar-refractivity contribution >= 4 is 28.1 Å². The van der Waals surface area contributed by atoms with Crippen LogP contribution in [0.15, 0.2) is 0 Å². The first-order chi connectivity index (χ1) is 6.77. The standard InChI is InChI=1S/C9H8ClN3S/c1-2-3-4-5-12-9-13-8(10)7(6-11)14-9/h4-5H2,1H3,(H,12,13). The van der Waals surface area contributed by atoms with Gasteiger partial charge in [-0.2, -0.15) is 5.26 Å². The fraction of sp³-hybridized carbons (Fsp3) is 0.333. The summed E-state index contributed by atoms with van der Waals surface area (Å²) in [6, 6.07) is 1.97. The summed E-state index contributed by atoms with van der Waals surface area (Å²) in [4.78, 5) is 4.42. The van der Waals surface area contributed by atoms with Crippen LogP contribution in [-0.2, 0) is 0 Å². The van der Waals surface area contributed by atoms with Gasteiger partial charge in [-0.1, -0.05) is 22.9 Å². The Kier molecular flexibility index (Phi) is 4.25. The van der Waals surface area contributed by atoms with Gasteiger partial charge in [0.05, 0.1) is 0 Å². The summed E-state index contributed by atoms with van der Waals surface area (Å²) in [7, 11) is 0. The van der Waals surface area contributed by atoms with Crippen molar-refractivity contribution in [2.24, 2.45) is 0 Å². The molecule has 0 radical (unpaired) electrons. The molecule has 0 amide bonds. The molecule has 1 aromatic heterocycles. The van der Waals surface area contributed by atoms with Gasteiger partial charge in [0.1, 0.15) is 10.9 Å². The number of hydrogen-bond donors (Lipinski definition) is 1. The number of anilines is 1. The molecule has 0 fully saturated rings. The van der Waals surface area contributed by atoms with E-state index in [4.69, 9.17) is 16.9 Å². The summed E-state index contributed by atoms with van der Waals surface area (Å²) in [5, 5.41) is 12.6. The largest absolute Gasteiger partial charge is 0.360 e. The Morgan fingerprint density at radius 2 is 2.43 bits per heavy atom. The molecule has 1 heterocycles. The van der Waals surface area contributed by atoms with E-state index in [0.717, 1.165) is 13.0 Å². The van der Waals surface area contributed by atoms with Gasteiger partial charge in [0.15, 0.2) is 10.3 Å². The third-order valence-corrected chi connectivity index (χ3v) is 2.69. The van der Waals surface area contributed by atoms with Crippen LogP contribution in [0.2, 0.25) is 5.15 Å². The Bertz CT molecular complexity index is 408. The zero-order chi connectivity index (χ0) is 10.4. The number of aromatic nitrogens is 1. The molecular weight excluding hydrogens is 218 g/mol. The van der Waals surface area contributed by atoms with Gasteiger partial charge >= 0.3 is 0 Å². The van der Waals surface area contributed by atoms with E-state index in [1.165, 1.54) is 11.3 Å². The normalized spacial score (nSPS) is 8.64. The minimum Gasteiger partial charge on any atom is -0.360 e. The van der Waals surface area contributed by atoms with Crippen molar-refractivity contribution in [3.05, 3.63) is 10.0 Å². The van der Waals surface area contributed by atoms with Crippen molar-refractivity contribution in [2.75, 3.05) is 11.9 Å². The number of nitrogens with one attached hydrogen (secondary N) is 1. The molecule has 1 rings (SSSR count). The third-order valence-electron chi connectivity index (χ3n) is 1.39. The number of rotatable bonds is 3. The van der Waals surface area contributed by atoms with Crippen LogP contribution in [0.1, 0.15) is 18.2 Å². The van der Waals surface area contributed by atoms with E-state index in [9.17, 15) is 0 Å². The molecule has 72 valence electrons. The number of thiazole rings is 1. The third kappa shape index (κ3) is 2.92. The van der Waals surface area contributed by atoms with E-state index in [2.05, 4.69) is 22.1 Å². The maximum atomic E-state index is 8.63. The monoisotopic (exact) mass is 225 g/mol. The van der Waals surface area contributed by atoms with Crippen LogP contribution in [0.5, 0.6) is 0 Å². The van der Waals surface area contributed by atoms with Crippen molar-refractivity contribution in [1.82, 2.24) is 4.98 Å². The SMILES string of the molecule is CC#CCCNc1nc(Cl)c(C#N)s1. The van der Waals surface area contributed by atoms with Crippen molar-refractivity contribution in [1.29, 1.82) is 5.26 Å². The number of nitriles is 1. The van der Waals surface area contributed by atoms with E-state index in [1.54, 1.807) is 6.92 Å². The van der Waals surface area contributed by atoms with Crippen molar-refractivity contribution < 1.29 is 0 Å².